The minimum Gasteiger partial charge on any atom is -0.269 e. The highest BCUT2D eigenvalue weighted by Gasteiger charge is 2.50. The number of aliphatic imine (C=N–C) groups is 1. The maximum absolute atomic E-state index is 4.23. The highest BCUT2D eigenvalue weighted by Crippen LogP contribution is 2.58. The van der Waals surface area contributed by atoms with E-state index in [1.165, 1.54) is 25.7 Å². The first kappa shape index (κ1) is 5.99. The third-order valence-corrected chi connectivity index (χ3v) is 3.77. The Bertz CT molecular complexity index is 241. The molecule has 11 heavy (non-hydrogen) atoms. The molecular weight excluding hydrogens is 134 g/mol. The van der Waals surface area contributed by atoms with Crippen LogP contribution in [0.3, 0.4) is 0 Å². The Morgan fingerprint density at radius 1 is 1.45 bits per heavy atom. The van der Waals surface area contributed by atoms with Crippen molar-refractivity contribution in [3.05, 3.63) is 12.3 Å². The fourth-order valence-corrected chi connectivity index (χ4v) is 3.18. The predicted octanol–water partition coefficient (Wildman–Crippen LogP) is 2.39. The smallest absolute Gasteiger partial charge is 0.0229 e. The quantitative estimate of drug-likeness (QED) is 0.499. The first-order valence-corrected chi connectivity index (χ1v) is 4.60. The average molecular weight is 147 g/mol. The van der Waals surface area contributed by atoms with E-state index in [-0.39, 0.29) is 0 Å². The highest BCUT2D eigenvalue weighted by atomic mass is 14.7. The van der Waals surface area contributed by atoms with E-state index in [4.69, 9.17) is 0 Å². The van der Waals surface area contributed by atoms with Crippen molar-refractivity contribution in [2.45, 2.75) is 25.7 Å². The molecule has 3 aliphatic rings. The molecule has 0 aromatic heterocycles. The summed E-state index contributed by atoms with van der Waals surface area (Å²) >= 11 is 0. The number of hydrogen-bond acceptors (Lipinski definition) is 1. The van der Waals surface area contributed by atoms with Crippen LogP contribution in [-0.2, 0) is 0 Å². The maximum atomic E-state index is 4.23. The summed E-state index contributed by atoms with van der Waals surface area (Å²) in [5.41, 5.74) is 0.576. The number of fused-ring (bicyclic) bond motifs is 1. The lowest BCUT2D eigenvalue weighted by Gasteiger charge is -2.31. The number of hydrogen-bond donors (Lipinski definition) is 0. The first-order chi connectivity index (χ1) is 5.39. The van der Waals surface area contributed by atoms with E-state index in [9.17, 15) is 0 Å². The van der Waals surface area contributed by atoms with Gasteiger partial charge in [-0.15, -0.1) is 0 Å². The molecule has 3 atom stereocenters. The van der Waals surface area contributed by atoms with E-state index in [1.54, 1.807) is 0 Å². The fourth-order valence-electron chi connectivity index (χ4n) is 3.18. The zero-order valence-corrected chi connectivity index (χ0v) is 6.66. The molecule has 0 aromatic carbocycles. The van der Waals surface area contributed by atoms with Crippen LogP contribution in [0.15, 0.2) is 17.3 Å². The Morgan fingerprint density at radius 3 is 3.27 bits per heavy atom. The van der Waals surface area contributed by atoms with Crippen LogP contribution in [0.25, 0.3) is 0 Å². The van der Waals surface area contributed by atoms with Crippen molar-refractivity contribution >= 4 is 6.21 Å². The molecule has 1 heteroatoms. The van der Waals surface area contributed by atoms with Crippen molar-refractivity contribution in [1.29, 1.82) is 0 Å². The van der Waals surface area contributed by atoms with Crippen LogP contribution in [0.5, 0.6) is 0 Å². The Labute approximate surface area is 67.2 Å². The van der Waals surface area contributed by atoms with Gasteiger partial charge in [0.05, 0.1) is 0 Å². The molecule has 1 heterocycles. The van der Waals surface area contributed by atoms with E-state index in [0.29, 0.717) is 5.41 Å². The molecule has 0 radical (unpaired) electrons. The summed E-state index contributed by atoms with van der Waals surface area (Å²) in [6.45, 7) is 0. The normalized spacial score (nSPS) is 51.6. The van der Waals surface area contributed by atoms with Crippen LogP contribution in [0.2, 0.25) is 0 Å². The van der Waals surface area contributed by atoms with Crippen molar-refractivity contribution in [3.8, 4) is 0 Å². The van der Waals surface area contributed by atoms with Gasteiger partial charge >= 0.3 is 0 Å². The van der Waals surface area contributed by atoms with Gasteiger partial charge in [0.25, 0.3) is 0 Å². The topological polar surface area (TPSA) is 12.4 Å². The highest BCUT2D eigenvalue weighted by molar-refractivity contribution is 5.66. The van der Waals surface area contributed by atoms with Gasteiger partial charge in [-0.3, -0.25) is 4.99 Å². The van der Waals surface area contributed by atoms with Crippen LogP contribution < -0.4 is 0 Å². The predicted molar refractivity (Wildman–Crippen MR) is 45.5 cm³/mol. The minimum absolute atomic E-state index is 0.576. The van der Waals surface area contributed by atoms with Crippen LogP contribution in [0.4, 0.5) is 0 Å². The summed E-state index contributed by atoms with van der Waals surface area (Å²) in [5.74, 6) is 1.82. The average Bonchev–Trinajstić information content (AvgIpc) is 2.57. The van der Waals surface area contributed by atoms with Gasteiger partial charge in [0, 0.05) is 18.3 Å². The van der Waals surface area contributed by atoms with Gasteiger partial charge in [0.2, 0.25) is 0 Å². The molecule has 1 nitrogen and oxygen atoms in total. The van der Waals surface area contributed by atoms with Crippen LogP contribution in [-0.4, -0.2) is 6.21 Å². The molecule has 1 spiro atoms. The monoisotopic (exact) mass is 147 g/mol. The van der Waals surface area contributed by atoms with Crippen molar-refractivity contribution in [2.75, 3.05) is 0 Å². The molecule has 2 bridgehead atoms. The van der Waals surface area contributed by atoms with Gasteiger partial charge in [-0.25, -0.2) is 0 Å². The molecule has 2 aliphatic carbocycles. The molecular formula is C10H13N. The lowest BCUT2D eigenvalue weighted by Crippen LogP contribution is -2.25. The van der Waals surface area contributed by atoms with E-state index < -0.39 is 0 Å². The molecule has 0 N–H and O–H groups in total. The Morgan fingerprint density at radius 2 is 2.45 bits per heavy atom. The van der Waals surface area contributed by atoms with Gasteiger partial charge in [0.1, 0.15) is 0 Å². The second-order valence-corrected chi connectivity index (χ2v) is 4.30. The Kier molecular flexibility index (Phi) is 0.961. The first-order valence-electron chi connectivity index (χ1n) is 4.60. The van der Waals surface area contributed by atoms with Crippen LogP contribution >= 0.6 is 0 Å². The second-order valence-electron chi connectivity index (χ2n) is 4.30. The lowest BCUT2D eigenvalue weighted by atomic mass is 9.75. The van der Waals surface area contributed by atoms with E-state index in [2.05, 4.69) is 17.3 Å². The third kappa shape index (κ3) is 0.640. The Balaban J connectivity index is 2.05. The van der Waals surface area contributed by atoms with Crippen molar-refractivity contribution in [2.24, 2.45) is 22.2 Å². The summed E-state index contributed by atoms with van der Waals surface area (Å²) in [5, 5.41) is 0. The van der Waals surface area contributed by atoms with E-state index >= 15 is 0 Å². The molecule has 0 amide bonds. The summed E-state index contributed by atoms with van der Waals surface area (Å²) in [6.07, 6.45) is 12.3. The zero-order valence-electron chi connectivity index (χ0n) is 6.66. The SMILES string of the molecule is C1=CC23CCC(CC2C=N1)C3. The van der Waals surface area contributed by atoms with Gasteiger partial charge in [-0.2, -0.15) is 0 Å². The number of rotatable bonds is 0. The minimum atomic E-state index is 0.576. The van der Waals surface area contributed by atoms with Gasteiger partial charge in [-0.1, -0.05) is 6.08 Å². The van der Waals surface area contributed by atoms with E-state index in [1.807, 2.05) is 6.20 Å². The molecule has 0 saturated heterocycles. The lowest BCUT2D eigenvalue weighted by molar-refractivity contribution is 0.320. The molecule has 58 valence electrons. The third-order valence-electron chi connectivity index (χ3n) is 3.77. The summed E-state index contributed by atoms with van der Waals surface area (Å²) in [4.78, 5) is 4.23. The number of nitrogens with zero attached hydrogens (tertiary/aromatic N) is 1. The van der Waals surface area contributed by atoms with Gasteiger partial charge < -0.3 is 0 Å². The molecule has 2 fully saturated rings. The van der Waals surface area contributed by atoms with Crippen molar-refractivity contribution in [1.82, 2.24) is 0 Å². The molecule has 1 aliphatic heterocycles. The number of allylic oxidation sites excluding steroid dienone is 1. The van der Waals surface area contributed by atoms with Gasteiger partial charge in [-0.05, 0) is 37.0 Å². The van der Waals surface area contributed by atoms with Crippen LogP contribution in [0, 0.1) is 17.3 Å². The maximum Gasteiger partial charge on any atom is 0.0229 e. The van der Waals surface area contributed by atoms with Crippen molar-refractivity contribution in [3.63, 3.8) is 0 Å². The summed E-state index contributed by atoms with van der Waals surface area (Å²) in [7, 11) is 0. The van der Waals surface area contributed by atoms with Crippen molar-refractivity contribution < 1.29 is 0 Å². The fraction of sp³-hybridized carbons (Fsp3) is 0.700. The summed E-state index contributed by atoms with van der Waals surface area (Å²) < 4.78 is 0. The Hall–Kier alpha value is -0.590. The second kappa shape index (κ2) is 1.77. The molecule has 2 saturated carbocycles. The zero-order chi connectivity index (χ0) is 7.31. The summed E-state index contributed by atoms with van der Waals surface area (Å²) in [6, 6.07) is 0. The standard InChI is InChI=1S/C10H13N/c1-2-10-3-4-11-7-9(10)5-8(1)6-10/h3-4,7-9H,1-2,5-6H2. The van der Waals surface area contributed by atoms with E-state index in [0.717, 1.165) is 11.8 Å². The van der Waals surface area contributed by atoms with Crippen LogP contribution in [0.1, 0.15) is 25.7 Å². The molecule has 3 unspecified atom stereocenters. The molecule has 0 aromatic rings. The van der Waals surface area contributed by atoms with Gasteiger partial charge in [0.15, 0.2) is 0 Å². The molecule has 3 rings (SSSR count). The largest absolute Gasteiger partial charge is 0.269 e.